The number of carbonyl (C=O) groups excluding carboxylic acids is 1. The maximum Gasteiger partial charge on any atom is 0.238 e. The van der Waals surface area contributed by atoms with E-state index in [9.17, 15) is 13.2 Å². The molecule has 4 fully saturated rings. The Hall–Kier alpha value is -2.24. The number of halogens is 2. The largest absolute Gasteiger partial charge is 0.494 e. The van der Waals surface area contributed by atoms with E-state index in [0.29, 0.717) is 40.3 Å². The molecule has 0 aromatic heterocycles. The standard InChI is InChI=1S/C39H58ClFN4O4S/c1-25-31-18-28(39(31,5)6)19-33(25)42-37(46)34-15-16-50(47,48)45(34)22-27-12-10-11-26(17-27)21-44(29(23-43(7)8)20-38(2,3)4)24-30-32(40)13-14-35(49-9)36(30)41/h10-14,17,25,28-29,31,33-34H,15-16,18-24H2,1-9H3,(H,42,46)/t25?,28?,29-,31?,33+,34?/m0/s1. The van der Waals surface area contributed by atoms with Crippen molar-refractivity contribution in [2.45, 2.75) is 105 Å². The first-order valence-electron chi connectivity index (χ1n) is 18.1. The fourth-order valence-electron chi connectivity index (χ4n) is 8.88. The van der Waals surface area contributed by atoms with Crippen molar-refractivity contribution in [3.05, 3.63) is 63.9 Å². The molecule has 6 rings (SSSR count). The molecule has 4 aliphatic rings. The van der Waals surface area contributed by atoms with Gasteiger partial charge in [0.25, 0.3) is 0 Å². The summed E-state index contributed by atoms with van der Waals surface area (Å²) in [4.78, 5) is 18.1. The topological polar surface area (TPSA) is 82.2 Å². The minimum atomic E-state index is -3.61. The van der Waals surface area contributed by atoms with Gasteiger partial charge in [0.05, 0.1) is 12.9 Å². The Labute approximate surface area is 305 Å². The maximum atomic E-state index is 15.6. The number of carbonyl (C=O) groups is 1. The van der Waals surface area contributed by atoms with Crippen molar-refractivity contribution >= 4 is 27.5 Å². The SMILES string of the molecule is COc1ccc(Cl)c(CN(Cc2cccc(CN3C(C(=O)N[C@@H]4CC5CC(C4C)C5(C)C)CCS3(=O)=O)c2)[C@H](CN(C)C)CC(C)(C)C)c1F. The predicted octanol–water partition coefficient (Wildman–Crippen LogP) is 6.95. The van der Waals surface area contributed by atoms with E-state index in [-0.39, 0.29) is 54.4 Å². The fraction of sp³-hybridized carbons (Fsp3) is 0.667. The Morgan fingerprint density at radius 3 is 2.46 bits per heavy atom. The van der Waals surface area contributed by atoms with Gasteiger partial charge in [-0.15, -0.1) is 0 Å². The second-order valence-corrected chi connectivity index (χ2v) is 19.6. The Morgan fingerprint density at radius 2 is 1.84 bits per heavy atom. The minimum Gasteiger partial charge on any atom is -0.494 e. The van der Waals surface area contributed by atoms with Gasteiger partial charge in [-0.25, -0.2) is 12.8 Å². The highest BCUT2D eigenvalue weighted by molar-refractivity contribution is 7.89. The zero-order valence-corrected chi connectivity index (χ0v) is 33.0. The van der Waals surface area contributed by atoms with E-state index < -0.39 is 21.9 Å². The van der Waals surface area contributed by atoms with Crippen molar-refractivity contribution < 1.29 is 22.3 Å². The third kappa shape index (κ3) is 8.52. The molecule has 4 unspecified atom stereocenters. The average molecular weight is 733 g/mol. The summed E-state index contributed by atoms with van der Waals surface area (Å²) in [5, 5.41) is 3.62. The Kier molecular flexibility index (Phi) is 11.7. The number of sulfonamides is 1. The summed E-state index contributed by atoms with van der Waals surface area (Å²) in [5.41, 5.74) is 2.46. The van der Waals surface area contributed by atoms with E-state index in [4.69, 9.17) is 16.3 Å². The summed E-state index contributed by atoms with van der Waals surface area (Å²) in [5.74, 6) is 0.991. The number of ether oxygens (including phenoxy) is 1. The quantitative estimate of drug-likeness (QED) is 0.240. The summed E-state index contributed by atoms with van der Waals surface area (Å²) in [6.07, 6.45) is 3.30. The Bertz CT molecular complexity index is 1640. The normalized spacial score (nSPS) is 26.5. The molecule has 1 saturated heterocycles. The number of methoxy groups -OCH3 is 1. The van der Waals surface area contributed by atoms with Gasteiger partial charge in [-0.1, -0.05) is 77.4 Å². The zero-order chi connectivity index (χ0) is 36.8. The molecule has 6 atom stereocenters. The van der Waals surface area contributed by atoms with E-state index in [1.54, 1.807) is 12.1 Å². The van der Waals surface area contributed by atoms with Crippen LogP contribution >= 0.6 is 11.6 Å². The zero-order valence-electron chi connectivity index (χ0n) is 31.4. The minimum absolute atomic E-state index is 0.00323. The lowest BCUT2D eigenvalue weighted by Crippen LogP contribution is -2.61. The molecule has 11 heteroatoms. The maximum absolute atomic E-state index is 15.6. The molecular formula is C39H58ClFN4O4S. The number of hydrogen-bond acceptors (Lipinski definition) is 6. The molecule has 0 spiro atoms. The second-order valence-electron chi connectivity index (χ2n) is 17.2. The molecule has 8 nitrogen and oxygen atoms in total. The van der Waals surface area contributed by atoms with Crippen LogP contribution in [-0.4, -0.2) is 80.1 Å². The number of amides is 1. The molecule has 3 aliphatic carbocycles. The van der Waals surface area contributed by atoms with E-state index in [0.717, 1.165) is 30.5 Å². The molecule has 2 bridgehead atoms. The summed E-state index contributed by atoms with van der Waals surface area (Å²) in [6.45, 7) is 15.1. The lowest BCUT2D eigenvalue weighted by atomic mass is 9.45. The molecule has 1 heterocycles. The van der Waals surface area contributed by atoms with Crippen molar-refractivity contribution in [2.24, 2.45) is 28.6 Å². The first-order valence-corrected chi connectivity index (χ1v) is 20.1. The van der Waals surface area contributed by atoms with Gasteiger partial charge in [0.15, 0.2) is 11.6 Å². The lowest BCUT2D eigenvalue weighted by Gasteiger charge is -2.62. The van der Waals surface area contributed by atoms with E-state index in [1.165, 1.54) is 17.8 Å². The number of hydrogen-bond donors (Lipinski definition) is 1. The van der Waals surface area contributed by atoms with Crippen molar-refractivity contribution in [3.63, 3.8) is 0 Å². The summed E-state index contributed by atoms with van der Waals surface area (Å²) >= 11 is 6.60. The predicted molar refractivity (Wildman–Crippen MR) is 199 cm³/mol. The Balaban J connectivity index is 1.37. The highest BCUT2D eigenvalue weighted by Gasteiger charge is 2.56. The molecule has 1 amide bonds. The first kappa shape index (κ1) is 39.0. The van der Waals surface area contributed by atoms with Gasteiger partial charge < -0.3 is 15.0 Å². The smallest absolute Gasteiger partial charge is 0.238 e. The first-order chi connectivity index (χ1) is 23.3. The molecule has 50 heavy (non-hydrogen) atoms. The third-order valence-corrected chi connectivity index (χ3v) is 13.9. The van der Waals surface area contributed by atoms with Crippen molar-refractivity contribution in [1.82, 2.24) is 19.4 Å². The van der Waals surface area contributed by atoms with Crippen LogP contribution in [0.3, 0.4) is 0 Å². The van der Waals surface area contributed by atoms with Gasteiger partial charge in [0.1, 0.15) is 6.04 Å². The van der Waals surface area contributed by atoms with Crippen LogP contribution < -0.4 is 10.1 Å². The van der Waals surface area contributed by atoms with Crippen LogP contribution in [0.15, 0.2) is 36.4 Å². The van der Waals surface area contributed by atoms with Crippen molar-refractivity contribution in [3.8, 4) is 5.75 Å². The molecule has 2 aromatic rings. The monoisotopic (exact) mass is 732 g/mol. The molecule has 278 valence electrons. The molecule has 0 radical (unpaired) electrons. The second kappa shape index (κ2) is 15.0. The van der Waals surface area contributed by atoms with Gasteiger partial charge in [-0.05, 0) is 91.6 Å². The molecule has 1 N–H and O–H groups in total. The fourth-order valence-corrected chi connectivity index (χ4v) is 10.8. The van der Waals surface area contributed by atoms with Crippen molar-refractivity contribution in [2.75, 3.05) is 33.5 Å². The van der Waals surface area contributed by atoms with E-state index in [2.05, 4.69) is 56.7 Å². The number of nitrogens with one attached hydrogen (secondary N) is 1. The molecule has 2 aromatic carbocycles. The van der Waals surface area contributed by atoms with Crippen LogP contribution in [0.2, 0.25) is 5.02 Å². The Morgan fingerprint density at radius 1 is 1.14 bits per heavy atom. The van der Waals surface area contributed by atoms with Crippen LogP contribution in [0.1, 0.15) is 83.9 Å². The van der Waals surface area contributed by atoms with Gasteiger partial charge in [0, 0.05) is 48.8 Å². The van der Waals surface area contributed by atoms with Gasteiger partial charge in [-0.3, -0.25) is 9.69 Å². The number of rotatable bonds is 13. The van der Waals surface area contributed by atoms with Gasteiger partial charge in [0.2, 0.25) is 15.9 Å². The van der Waals surface area contributed by atoms with Crippen molar-refractivity contribution in [1.29, 1.82) is 0 Å². The number of benzene rings is 2. The number of nitrogens with zero attached hydrogens (tertiary/aromatic N) is 3. The molecular weight excluding hydrogens is 675 g/mol. The summed E-state index contributed by atoms with van der Waals surface area (Å²) in [7, 11) is 1.91. The lowest BCUT2D eigenvalue weighted by molar-refractivity contribution is -0.136. The van der Waals surface area contributed by atoms with Crippen LogP contribution in [0.25, 0.3) is 0 Å². The van der Waals surface area contributed by atoms with Crippen LogP contribution in [-0.2, 0) is 34.5 Å². The highest BCUT2D eigenvalue weighted by atomic mass is 35.5. The van der Waals surface area contributed by atoms with Gasteiger partial charge in [-0.2, -0.15) is 4.31 Å². The molecule has 1 aliphatic heterocycles. The van der Waals surface area contributed by atoms with E-state index >= 15 is 4.39 Å². The van der Waals surface area contributed by atoms with Crippen LogP contribution in [0.4, 0.5) is 4.39 Å². The average Bonchev–Trinajstić information content (AvgIpc) is 3.31. The summed E-state index contributed by atoms with van der Waals surface area (Å²) < 4.78 is 49.1. The number of fused-ring (bicyclic) bond motifs is 2. The summed E-state index contributed by atoms with van der Waals surface area (Å²) in [6, 6.07) is 10.5. The van der Waals surface area contributed by atoms with Gasteiger partial charge >= 0.3 is 0 Å². The van der Waals surface area contributed by atoms with E-state index in [1.807, 2.05) is 38.4 Å². The number of likely N-dealkylation sites (N-methyl/N-ethyl adjacent to an activating group) is 1. The van der Waals surface area contributed by atoms with Crippen LogP contribution in [0.5, 0.6) is 5.75 Å². The molecule has 3 saturated carbocycles. The highest BCUT2D eigenvalue weighted by Crippen LogP contribution is 2.61. The third-order valence-electron chi connectivity index (χ3n) is 11.7. The van der Waals surface area contributed by atoms with Crippen LogP contribution in [0, 0.1) is 34.4 Å².